The Morgan fingerprint density at radius 3 is 2.00 bits per heavy atom. The molecule has 3 N–H and O–H groups in total. The molecule has 0 fully saturated rings. The van der Waals surface area contributed by atoms with Crippen molar-refractivity contribution >= 4 is 26.5 Å². The van der Waals surface area contributed by atoms with Crippen LogP contribution < -0.4 is 9.86 Å². The number of nitrogens with one attached hydrogen (secondary N) is 1. The van der Waals surface area contributed by atoms with Crippen molar-refractivity contribution < 1.29 is 21.6 Å². The van der Waals surface area contributed by atoms with E-state index in [1.165, 1.54) is 16.9 Å². The van der Waals surface area contributed by atoms with E-state index in [1.807, 2.05) is 0 Å². The van der Waals surface area contributed by atoms with E-state index in [-0.39, 0.29) is 6.41 Å². The Labute approximate surface area is 92.4 Å². The van der Waals surface area contributed by atoms with E-state index in [1.54, 1.807) is 0 Å². The summed E-state index contributed by atoms with van der Waals surface area (Å²) in [7, 11) is -8.37. The maximum Gasteiger partial charge on any atom is 0.265 e. The topological polar surface area (TPSA) is 123 Å². The molecule has 16 heavy (non-hydrogen) atoms. The van der Waals surface area contributed by atoms with Gasteiger partial charge in [-0.25, -0.2) is 22.0 Å². The van der Waals surface area contributed by atoms with Gasteiger partial charge in [-0.05, 0) is 12.1 Å². The number of benzene rings is 1. The molecule has 9 heteroatoms. The first-order valence-corrected chi connectivity index (χ1v) is 6.90. The van der Waals surface area contributed by atoms with Crippen LogP contribution in [0.15, 0.2) is 34.1 Å². The first-order valence-electron chi connectivity index (χ1n) is 3.87. The first kappa shape index (κ1) is 12.6. The molecule has 0 unspecified atom stereocenters. The lowest BCUT2D eigenvalue weighted by molar-refractivity contribution is -0.108. The van der Waals surface area contributed by atoms with Gasteiger partial charge < -0.3 is 0 Å². The lowest BCUT2D eigenvalue weighted by Crippen LogP contribution is -2.25. The van der Waals surface area contributed by atoms with Crippen LogP contribution in [-0.4, -0.2) is 23.2 Å². The second-order valence-electron chi connectivity index (χ2n) is 2.73. The van der Waals surface area contributed by atoms with Crippen molar-refractivity contribution in [1.29, 1.82) is 0 Å². The molecule has 0 aliphatic rings. The highest BCUT2D eigenvalue weighted by molar-refractivity contribution is 7.92. The van der Waals surface area contributed by atoms with Gasteiger partial charge in [0, 0.05) is 0 Å². The molecule has 0 radical (unpaired) electrons. The van der Waals surface area contributed by atoms with Gasteiger partial charge in [-0.15, -0.1) is 0 Å². The fourth-order valence-corrected chi connectivity index (χ4v) is 3.17. The molecule has 1 aromatic carbocycles. The third-order valence-corrected chi connectivity index (χ3v) is 4.09. The number of hydrogen-bond donors (Lipinski definition) is 2. The van der Waals surface area contributed by atoms with Crippen molar-refractivity contribution in [2.45, 2.75) is 9.79 Å². The predicted molar refractivity (Wildman–Crippen MR) is 54.2 cm³/mol. The highest BCUT2D eigenvalue weighted by Gasteiger charge is 2.23. The molecule has 1 amide bonds. The van der Waals surface area contributed by atoms with E-state index < -0.39 is 29.8 Å². The van der Waals surface area contributed by atoms with Crippen LogP contribution in [0.3, 0.4) is 0 Å². The van der Waals surface area contributed by atoms with Gasteiger partial charge in [0.1, 0.15) is 9.79 Å². The Hall–Kier alpha value is -1.45. The minimum atomic E-state index is -4.20. The van der Waals surface area contributed by atoms with E-state index in [4.69, 9.17) is 5.14 Å². The van der Waals surface area contributed by atoms with E-state index in [0.717, 1.165) is 12.1 Å². The van der Waals surface area contributed by atoms with Crippen molar-refractivity contribution in [2.75, 3.05) is 0 Å². The van der Waals surface area contributed by atoms with Crippen molar-refractivity contribution in [3.63, 3.8) is 0 Å². The summed E-state index contributed by atoms with van der Waals surface area (Å²) in [6.07, 6.45) is -0.0603. The zero-order valence-electron chi connectivity index (χ0n) is 7.82. The standard InChI is InChI=1S/C7H8N2O5S2/c8-15(11,12)6-3-1-2-4-7(6)16(13,14)9-5-10/h1-5H,(H,9,10)(H2,8,11,12). The van der Waals surface area contributed by atoms with Crippen LogP contribution in [0.25, 0.3) is 0 Å². The van der Waals surface area contributed by atoms with Crippen molar-refractivity contribution in [2.24, 2.45) is 5.14 Å². The van der Waals surface area contributed by atoms with E-state index in [0.29, 0.717) is 0 Å². The van der Waals surface area contributed by atoms with Gasteiger partial charge in [0.05, 0.1) is 0 Å². The number of carbonyl (C=O) groups is 1. The second kappa shape index (κ2) is 4.20. The first-order chi connectivity index (χ1) is 7.29. The van der Waals surface area contributed by atoms with Gasteiger partial charge in [0.2, 0.25) is 16.4 Å². The molecule has 88 valence electrons. The second-order valence-corrected chi connectivity index (χ2v) is 5.94. The largest absolute Gasteiger partial charge is 0.278 e. The molecule has 0 spiro atoms. The molecular weight excluding hydrogens is 256 g/mol. The van der Waals surface area contributed by atoms with Gasteiger partial charge in [-0.1, -0.05) is 12.1 Å². The fourth-order valence-electron chi connectivity index (χ4n) is 1.03. The summed E-state index contributed by atoms with van der Waals surface area (Å²) in [5, 5.41) is 4.84. The van der Waals surface area contributed by atoms with Crippen molar-refractivity contribution in [3.8, 4) is 0 Å². The molecule has 0 aliphatic heterocycles. The minimum Gasteiger partial charge on any atom is -0.278 e. The molecule has 0 atom stereocenters. The van der Waals surface area contributed by atoms with E-state index in [9.17, 15) is 21.6 Å². The quantitative estimate of drug-likeness (QED) is 0.659. The number of primary sulfonamides is 1. The maximum atomic E-state index is 11.4. The van der Waals surface area contributed by atoms with Gasteiger partial charge in [-0.3, -0.25) is 9.52 Å². The number of sulfonamides is 2. The van der Waals surface area contributed by atoms with Crippen molar-refractivity contribution in [3.05, 3.63) is 24.3 Å². The summed E-state index contributed by atoms with van der Waals surface area (Å²) in [5.41, 5.74) is 0. The summed E-state index contributed by atoms with van der Waals surface area (Å²) < 4.78 is 46.6. The lowest BCUT2D eigenvalue weighted by Gasteiger charge is -2.06. The smallest absolute Gasteiger partial charge is 0.265 e. The molecule has 1 aromatic rings. The minimum absolute atomic E-state index is 0.0603. The predicted octanol–water partition coefficient (Wildman–Crippen LogP) is -1.23. The van der Waals surface area contributed by atoms with Crippen LogP contribution in [0.4, 0.5) is 0 Å². The average Bonchev–Trinajstić information content (AvgIpc) is 2.16. The normalized spacial score (nSPS) is 12.1. The SMILES string of the molecule is NS(=O)(=O)c1ccccc1S(=O)(=O)NC=O. The Morgan fingerprint density at radius 2 is 1.56 bits per heavy atom. The zero-order valence-corrected chi connectivity index (χ0v) is 9.45. The summed E-state index contributed by atoms with van der Waals surface area (Å²) in [4.78, 5) is 8.95. The molecule has 0 aliphatic carbocycles. The molecule has 0 aromatic heterocycles. The molecular formula is C7H8N2O5S2. The summed E-state index contributed by atoms with van der Waals surface area (Å²) in [5.74, 6) is 0. The average molecular weight is 264 g/mol. The van der Waals surface area contributed by atoms with Gasteiger partial charge in [0.15, 0.2) is 0 Å². The van der Waals surface area contributed by atoms with Gasteiger partial charge in [-0.2, -0.15) is 0 Å². The van der Waals surface area contributed by atoms with Crippen LogP contribution in [0, 0.1) is 0 Å². The number of amides is 1. The van der Waals surface area contributed by atoms with Gasteiger partial charge in [0.25, 0.3) is 10.0 Å². The summed E-state index contributed by atoms with van der Waals surface area (Å²) in [6.45, 7) is 0. The number of nitrogens with two attached hydrogens (primary N) is 1. The van der Waals surface area contributed by atoms with E-state index in [2.05, 4.69) is 0 Å². The molecule has 0 heterocycles. The Morgan fingerprint density at radius 1 is 1.06 bits per heavy atom. The third-order valence-electron chi connectivity index (χ3n) is 1.65. The third kappa shape index (κ3) is 2.56. The Balaban J connectivity index is 3.53. The maximum absolute atomic E-state index is 11.4. The summed E-state index contributed by atoms with van der Waals surface area (Å²) in [6, 6.07) is 4.70. The van der Waals surface area contributed by atoms with Crippen LogP contribution in [0.1, 0.15) is 0 Å². The molecule has 1 rings (SSSR count). The molecule has 0 bridgehead atoms. The highest BCUT2D eigenvalue weighted by atomic mass is 32.2. The van der Waals surface area contributed by atoms with Crippen LogP contribution in [0.5, 0.6) is 0 Å². The highest BCUT2D eigenvalue weighted by Crippen LogP contribution is 2.18. The van der Waals surface area contributed by atoms with Crippen LogP contribution in [0.2, 0.25) is 0 Å². The van der Waals surface area contributed by atoms with E-state index >= 15 is 0 Å². The number of carbonyl (C=O) groups excluding carboxylic acids is 1. The van der Waals surface area contributed by atoms with Crippen molar-refractivity contribution in [1.82, 2.24) is 4.72 Å². The van der Waals surface area contributed by atoms with Crippen LogP contribution in [-0.2, 0) is 24.8 Å². The Bertz CT molecular complexity index is 605. The monoisotopic (exact) mass is 264 g/mol. The molecule has 0 saturated heterocycles. The summed E-state index contributed by atoms with van der Waals surface area (Å²) >= 11 is 0. The Kier molecular flexibility index (Phi) is 3.31. The number of hydrogen-bond acceptors (Lipinski definition) is 5. The lowest BCUT2D eigenvalue weighted by atomic mass is 10.4. The van der Waals surface area contributed by atoms with Gasteiger partial charge >= 0.3 is 0 Å². The zero-order chi connectivity index (χ0) is 12.4. The molecule has 7 nitrogen and oxygen atoms in total. The fraction of sp³-hybridized carbons (Fsp3) is 0. The van der Waals surface area contributed by atoms with Crippen LogP contribution >= 0.6 is 0 Å². The number of rotatable bonds is 4. The molecule has 0 saturated carbocycles.